The molecule has 3 N–H and O–H groups in total. The van der Waals surface area contributed by atoms with Crippen molar-refractivity contribution < 1.29 is 4.79 Å². The molecule has 1 saturated heterocycles. The summed E-state index contributed by atoms with van der Waals surface area (Å²) in [6.07, 6.45) is 6.55. The second kappa shape index (κ2) is 11.6. The maximum Gasteiger partial charge on any atom is 0.256 e. The summed E-state index contributed by atoms with van der Waals surface area (Å²) in [5, 5.41) is 9.37. The van der Waals surface area contributed by atoms with E-state index in [0.29, 0.717) is 35.6 Å². The summed E-state index contributed by atoms with van der Waals surface area (Å²) in [5.41, 5.74) is 4.83. The minimum absolute atomic E-state index is 0.276. The van der Waals surface area contributed by atoms with Crippen LogP contribution >= 0.6 is 0 Å². The number of carbonyl (C=O) groups excluding carboxylic acids is 1. The van der Waals surface area contributed by atoms with Crippen molar-refractivity contribution in [2.45, 2.75) is 32.1 Å². The summed E-state index contributed by atoms with van der Waals surface area (Å²) in [7, 11) is 2.16. The van der Waals surface area contributed by atoms with Crippen LogP contribution in [0.3, 0.4) is 0 Å². The third-order valence-electron chi connectivity index (χ3n) is 7.24. The Hall–Kier alpha value is -3.98. The topological polar surface area (TPSA) is 98.3 Å². The molecule has 3 aromatic rings. The van der Waals surface area contributed by atoms with Gasteiger partial charge in [0.1, 0.15) is 17.2 Å². The first-order valence-electron chi connectivity index (χ1n) is 13.3. The van der Waals surface area contributed by atoms with Gasteiger partial charge < -0.3 is 25.8 Å². The standard InChI is InChI=1S/C29H36N8O/c1-4-14-30-28(38)24-19-31-29(32-22-9-11-23(12-10-22)37-17-15-36(3)16-18-37)35-27(24)34-25-13-8-21-7-5-6-20(2)26(21)33-25/h4,8-13,19-20H,1,5-7,14-18H2,2-3H3,(H,30,38)(H2,31,32,33,34,35). The van der Waals surface area contributed by atoms with Crippen molar-refractivity contribution in [3.05, 3.63) is 72.1 Å². The number of hydrogen-bond acceptors (Lipinski definition) is 8. The van der Waals surface area contributed by atoms with Crippen LogP contribution < -0.4 is 20.9 Å². The average molecular weight is 513 g/mol. The molecular formula is C29H36N8O. The van der Waals surface area contributed by atoms with Crippen molar-refractivity contribution in [2.24, 2.45) is 0 Å². The van der Waals surface area contributed by atoms with Crippen molar-refractivity contribution in [1.29, 1.82) is 0 Å². The molecule has 9 heteroatoms. The van der Waals surface area contributed by atoms with E-state index in [9.17, 15) is 4.79 Å². The number of fused-ring (bicyclic) bond motifs is 1. The lowest BCUT2D eigenvalue weighted by atomic mass is 9.88. The van der Waals surface area contributed by atoms with E-state index in [1.54, 1.807) is 6.08 Å². The molecule has 1 fully saturated rings. The van der Waals surface area contributed by atoms with Crippen LogP contribution in [0.1, 0.15) is 47.3 Å². The monoisotopic (exact) mass is 512 g/mol. The van der Waals surface area contributed by atoms with Crippen LogP contribution in [-0.2, 0) is 6.42 Å². The fraction of sp³-hybridized carbons (Fsp3) is 0.379. The maximum absolute atomic E-state index is 12.8. The zero-order chi connectivity index (χ0) is 26.5. The van der Waals surface area contributed by atoms with Gasteiger partial charge in [-0.15, -0.1) is 6.58 Å². The van der Waals surface area contributed by atoms with Crippen LogP contribution in [-0.4, -0.2) is 65.5 Å². The number of nitrogens with zero attached hydrogens (tertiary/aromatic N) is 5. The van der Waals surface area contributed by atoms with Gasteiger partial charge in [0.2, 0.25) is 5.95 Å². The van der Waals surface area contributed by atoms with E-state index >= 15 is 0 Å². The minimum atomic E-state index is -0.276. The van der Waals surface area contributed by atoms with E-state index in [1.807, 2.05) is 18.2 Å². The van der Waals surface area contributed by atoms with Crippen molar-refractivity contribution in [3.63, 3.8) is 0 Å². The predicted molar refractivity (Wildman–Crippen MR) is 153 cm³/mol. The van der Waals surface area contributed by atoms with E-state index in [-0.39, 0.29) is 5.91 Å². The SMILES string of the molecule is C=CCNC(=O)c1cnc(Nc2ccc(N3CCN(C)CC3)cc2)nc1Nc1ccc2c(n1)C(C)CCC2. The van der Waals surface area contributed by atoms with Gasteiger partial charge in [0.15, 0.2) is 0 Å². The Morgan fingerprint density at radius 2 is 1.87 bits per heavy atom. The zero-order valence-electron chi connectivity index (χ0n) is 22.2. The zero-order valence-corrected chi connectivity index (χ0v) is 22.2. The number of aromatic nitrogens is 3. The normalized spacial score (nSPS) is 17.4. The minimum Gasteiger partial charge on any atom is -0.369 e. The lowest BCUT2D eigenvalue weighted by molar-refractivity contribution is 0.0958. The van der Waals surface area contributed by atoms with E-state index in [2.05, 4.69) is 74.5 Å². The molecule has 1 unspecified atom stereocenters. The highest BCUT2D eigenvalue weighted by Gasteiger charge is 2.20. The Balaban J connectivity index is 1.37. The summed E-state index contributed by atoms with van der Waals surface area (Å²) < 4.78 is 0. The molecule has 0 radical (unpaired) electrons. The van der Waals surface area contributed by atoms with Crippen molar-refractivity contribution in [2.75, 3.05) is 55.3 Å². The predicted octanol–water partition coefficient (Wildman–Crippen LogP) is 4.47. The summed E-state index contributed by atoms with van der Waals surface area (Å²) >= 11 is 0. The van der Waals surface area contributed by atoms with Crippen molar-refractivity contribution in [3.8, 4) is 0 Å². The van der Waals surface area contributed by atoms with Gasteiger partial charge in [-0.05, 0) is 68.1 Å². The Kier molecular flexibility index (Phi) is 7.83. The Morgan fingerprint density at radius 3 is 2.63 bits per heavy atom. The van der Waals surface area contributed by atoms with Gasteiger partial charge in [0, 0.05) is 56.0 Å². The van der Waals surface area contributed by atoms with Gasteiger partial charge >= 0.3 is 0 Å². The maximum atomic E-state index is 12.8. The van der Waals surface area contributed by atoms with Crippen LogP contribution in [0.25, 0.3) is 0 Å². The third kappa shape index (κ3) is 5.94. The number of rotatable bonds is 8. The molecule has 1 aliphatic heterocycles. The third-order valence-corrected chi connectivity index (χ3v) is 7.24. The van der Waals surface area contributed by atoms with Gasteiger partial charge in [0.25, 0.3) is 5.91 Å². The van der Waals surface area contributed by atoms with Gasteiger partial charge in [-0.3, -0.25) is 4.79 Å². The number of likely N-dealkylation sites (N-methyl/N-ethyl adjacent to an activating group) is 1. The van der Waals surface area contributed by atoms with E-state index in [4.69, 9.17) is 4.98 Å². The molecule has 1 aromatic carbocycles. The molecule has 1 amide bonds. The van der Waals surface area contributed by atoms with E-state index in [1.165, 1.54) is 23.9 Å². The van der Waals surface area contributed by atoms with Crippen LogP contribution in [0.15, 0.2) is 55.3 Å². The number of nitrogens with one attached hydrogen (secondary N) is 3. The van der Waals surface area contributed by atoms with Crippen LogP contribution in [0, 0.1) is 0 Å². The quantitative estimate of drug-likeness (QED) is 0.381. The fourth-order valence-corrected chi connectivity index (χ4v) is 4.98. The average Bonchev–Trinajstić information content (AvgIpc) is 2.93. The van der Waals surface area contributed by atoms with E-state index < -0.39 is 0 Å². The van der Waals surface area contributed by atoms with Gasteiger partial charge in [0.05, 0.1) is 0 Å². The second-order valence-electron chi connectivity index (χ2n) is 10.1. The molecule has 1 atom stereocenters. The number of amides is 1. The molecule has 2 aromatic heterocycles. The highest BCUT2D eigenvalue weighted by molar-refractivity contribution is 5.99. The lowest BCUT2D eigenvalue weighted by Gasteiger charge is -2.34. The second-order valence-corrected chi connectivity index (χ2v) is 10.1. The van der Waals surface area contributed by atoms with Crippen molar-refractivity contribution in [1.82, 2.24) is 25.2 Å². The highest BCUT2D eigenvalue weighted by atomic mass is 16.1. The number of anilines is 5. The first-order valence-corrected chi connectivity index (χ1v) is 13.3. The van der Waals surface area contributed by atoms with Gasteiger partial charge in [-0.1, -0.05) is 19.1 Å². The first-order chi connectivity index (χ1) is 18.5. The molecule has 198 valence electrons. The molecule has 0 saturated carbocycles. The highest BCUT2D eigenvalue weighted by Crippen LogP contribution is 2.31. The molecule has 3 heterocycles. The van der Waals surface area contributed by atoms with Crippen molar-refractivity contribution >= 4 is 34.9 Å². The smallest absolute Gasteiger partial charge is 0.256 e. The Morgan fingerprint density at radius 1 is 1.08 bits per heavy atom. The fourth-order valence-electron chi connectivity index (χ4n) is 4.98. The number of benzene rings is 1. The molecule has 5 rings (SSSR count). The summed E-state index contributed by atoms with van der Waals surface area (Å²) in [4.78, 5) is 31.6. The molecule has 1 aliphatic carbocycles. The van der Waals surface area contributed by atoms with Crippen LogP contribution in [0.4, 0.5) is 29.0 Å². The molecular weight excluding hydrogens is 476 g/mol. The molecule has 0 spiro atoms. The number of aryl methyl sites for hydroxylation is 1. The number of piperazine rings is 1. The number of carbonyl (C=O) groups is 1. The summed E-state index contributed by atoms with van der Waals surface area (Å²) in [6.45, 7) is 10.4. The molecule has 0 bridgehead atoms. The summed E-state index contributed by atoms with van der Waals surface area (Å²) in [6, 6.07) is 12.4. The molecule has 9 nitrogen and oxygen atoms in total. The number of pyridine rings is 1. The molecule has 38 heavy (non-hydrogen) atoms. The molecule has 2 aliphatic rings. The lowest BCUT2D eigenvalue weighted by Crippen LogP contribution is -2.44. The van der Waals surface area contributed by atoms with E-state index in [0.717, 1.165) is 50.4 Å². The largest absolute Gasteiger partial charge is 0.369 e. The number of hydrogen-bond donors (Lipinski definition) is 3. The summed E-state index contributed by atoms with van der Waals surface area (Å²) in [5.74, 6) is 1.59. The Bertz CT molecular complexity index is 1280. The van der Waals surface area contributed by atoms with Gasteiger partial charge in [-0.2, -0.15) is 4.98 Å². The van der Waals surface area contributed by atoms with Gasteiger partial charge in [-0.25, -0.2) is 9.97 Å². The first kappa shape index (κ1) is 25.7. The Labute approximate surface area is 224 Å². The van der Waals surface area contributed by atoms with Crippen LogP contribution in [0.5, 0.6) is 0 Å². The van der Waals surface area contributed by atoms with Crippen LogP contribution in [0.2, 0.25) is 0 Å².